The SMILES string of the molecule is CC1(C)[C@H]2CC[C@H](C2)[C@H]1CO. The minimum Gasteiger partial charge on any atom is -0.396 e. The van der Waals surface area contributed by atoms with E-state index in [0.29, 0.717) is 17.9 Å². The smallest absolute Gasteiger partial charge is 0.0467 e. The molecule has 2 aliphatic carbocycles. The van der Waals surface area contributed by atoms with Crippen molar-refractivity contribution in [1.82, 2.24) is 0 Å². The summed E-state index contributed by atoms with van der Waals surface area (Å²) in [6.45, 7) is 5.07. The third-order valence-electron chi connectivity index (χ3n) is 4.25. The molecular formula is C10H18O. The van der Waals surface area contributed by atoms with Gasteiger partial charge in [0.1, 0.15) is 0 Å². The van der Waals surface area contributed by atoms with E-state index in [0.717, 1.165) is 11.8 Å². The quantitative estimate of drug-likeness (QED) is 0.613. The molecule has 2 fully saturated rings. The summed E-state index contributed by atoms with van der Waals surface area (Å²) in [7, 11) is 0. The Hall–Kier alpha value is -0.0400. The molecule has 0 aliphatic heterocycles. The highest BCUT2D eigenvalue weighted by Gasteiger charge is 2.51. The van der Waals surface area contributed by atoms with Gasteiger partial charge in [0, 0.05) is 6.61 Å². The zero-order valence-corrected chi connectivity index (χ0v) is 7.51. The van der Waals surface area contributed by atoms with Crippen LogP contribution in [0.2, 0.25) is 0 Å². The van der Waals surface area contributed by atoms with Crippen molar-refractivity contribution in [3.05, 3.63) is 0 Å². The molecule has 0 aromatic heterocycles. The highest BCUT2D eigenvalue weighted by atomic mass is 16.3. The van der Waals surface area contributed by atoms with E-state index < -0.39 is 0 Å². The van der Waals surface area contributed by atoms with Crippen LogP contribution in [0.25, 0.3) is 0 Å². The molecule has 0 aromatic rings. The van der Waals surface area contributed by atoms with E-state index in [4.69, 9.17) is 0 Å². The maximum absolute atomic E-state index is 9.22. The summed E-state index contributed by atoms with van der Waals surface area (Å²) < 4.78 is 0. The standard InChI is InChI=1S/C10H18O/c1-10(2)8-4-3-7(5-8)9(10)6-11/h7-9,11H,3-6H2,1-2H3/t7-,8+,9-/m1/s1. The lowest BCUT2D eigenvalue weighted by Crippen LogP contribution is -2.32. The molecule has 1 N–H and O–H groups in total. The van der Waals surface area contributed by atoms with Crippen molar-refractivity contribution in [3.8, 4) is 0 Å². The van der Waals surface area contributed by atoms with Crippen LogP contribution in [0.1, 0.15) is 33.1 Å². The molecular weight excluding hydrogens is 136 g/mol. The van der Waals surface area contributed by atoms with Crippen LogP contribution in [-0.2, 0) is 0 Å². The van der Waals surface area contributed by atoms with Gasteiger partial charge in [0.15, 0.2) is 0 Å². The summed E-state index contributed by atoms with van der Waals surface area (Å²) in [5.74, 6) is 2.35. The minimum atomic E-state index is 0.411. The van der Waals surface area contributed by atoms with Gasteiger partial charge >= 0.3 is 0 Å². The van der Waals surface area contributed by atoms with Crippen LogP contribution in [0.4, 0.5) is 0 Å². The van der Waals surface area contributed by atoms with Gasteiger partial charge in [-0.15, -0.1) is 0 Å². The van der Waals surface area contributed by atoms with Gasteiger partial charge in [-0.1, -0.05) is 13.8 Å². The maximum Gasteiger partial charge on any atom is 0.0467 e. The van der Waals surface area contributed by atoms with Crippen molar-refractivity contribution in [3.63, 3.8) is 0 Å². The van der Waals surface area contributed by atoms with Gasteiger partial charge in [-0.3, -0.25) is 0 Å². The van der Waals surface area contributed by atoms with E-state index in [9.17, 15) is 5.11 Å². The summed E-state index contributed by atoms with van der Waals surface area (Å²) in [5, 5.41) is 9.22. The van der Waals surface area contributed by atoms with E-state index >= 15 is 0 Å². The summed E-state index contributed by atoms with van der Waals surface area (Å²) in [4.78, 5) is 0. The summed E-state index contributed by atoms with van der Waals surface area (Å²) in [5.41, 5.74) is 0.428. The Bertz CT molecular complexity index is 162. The lowest BCUT2D eigenvalue weighted by atomic mass is 9.69. The Labute approximate surface area is 68.8 Å². The second-order valence-corrected chi connectivity index (χ2v) is 4.88. The van der Waals surface area contributed by atoms with Crippen molar-refractivity contribution >= 4 is 0 Å². The second kappa shape index (κ2) is 2.22. The molecule has 0 unspecified atom stereocenters. The first-order valence-corrected chi connectivity index (χ1v) is 4.77. The Morgan fingerprint density at radius 2 is 2.09 bits per heavy atom. The first kappa shape index (κ1) is 7.60. The van der Waals surface area contributed by atoms with Crippen LogP contribution in [0.3, 0.4) is 0 Å². The topological polar surface area (TPSA) is 20.2 Å². The van der Waals surface area contributed by atoms with Crippen LogP contribution in [0, 0.1) is 23.2 Å². The van der Waals surface area contributed by atoms with Crippen LogP contribution < -0.4 is 0 Å². The predicted molar refractivity (Wildman–Crippen MR) is 45.2 cm³/mol. The Morgan fingerprint density at radius 3 is 2.45 bits per heavy atom. The van der Waals surface area contributed by atoms with E-state index in [1.54, 1.807) is 0 Å². The molecule has 1 nitrogen and oxygen atoms in total. The van der Waals surface area contributed by atoms with Gasteiger partial charge in [-0.25, -0.2) is 0 Å². The number of aliphatic hydroxyl groups is 1. The van der Waals surface area contributed by atoms with E-state index in [-0.39, 0.29) is 0 Å². The van der Waals surface area contributed by atoms with Crippen LogP contribution in [-0.4, -0.2) is 11.7 Å². The zero-order valence-electron chi connectivity index (χ0n) is 7.51. The fourth-order valence-electron chi connectivity index (χ4n) is 3.35. The molecule has 0 saturated heterocycles. The molecule has 11 heavy (non-hydrogen) atoms. The predicted octanol–water partition coefficient (Wildman–Crippen LogP) is 2.05. The minimum absolute atomic E-state index is 0.411. The van der Waals surface area contributed by atoms with E-state index in [1.807, 2.05) is 0 Å². The second-order valence-electron chi connectivity index (χ2n) is 4.88. The Morgan fingerprint density at radius 1 is 1.36 bits per heavy atom. The zero-order chi connectivity index (χ0) is 8.06. The number of aliphatic hydroxyl groups excluding tert-OH is 1. The fraction of sp³-hybridized carbons (Fsp3) is 1.00. The van der Waals surface area contributed by atoms with Crippen molar-refractivity contribution in [2.75, 3.05) is 6.61 Å². The molecule has 2 rings (SSSR count). The van der Waals surface area contributed by atoms with Gasteiger partial charge in [0.05, 0.1) is 0 Å². The highest BCUT2D eigenvalue weighted by molar-refractivity contribution is 5.01. The Kier molecular flexibility index (Phi) is 1.54. The molecule has 0 aromatic carbocycles. The molecule has 2 bridgehead atoms. The summed E-state index contributed by atoms with van der Waals surface area (Å²) in [6, 6.07) is 0. The molecule has 0 radical (unpaired) electrons. The lowest BCUT2D eigenvalue weighted by Gasteiger charge is -2.37. The molecule has 0 amide bonds. The largest absolute Gasteiger partial charge is 0.396 e. The van der Waals surface area contributed by atoms with Gasteiger partial charge < -0.3 is 5.11 Å². The summed E-state index contributed by atoms with van der Waals surface area (Å²) >= 11 is 0. The number of hydrogen-bond acceptors (Lipinski definition) is 1. The molecule has 2 saturated carbocycles. The third kappa shape index (κ3) is 0.868. The number of hydrogen-bond donors (Lipinski definition) is 1. The van der Waals surface area contributed by atoms with Crippen molar-refractivity contribution < 1.29 is 5.11 Å². The average molecular weight is 154 g/mol. The third-order valence-corrected chi connectivity index (χ3v) is 4.25. The molecule has 0 heterocycles. The molecule has 0 spiro atoms. The van der Waals surface area contributed by atoms with E-state index in [1.165, 1.54) is 19.3 Å². The van der Waals surface area contributed by atoms with Gasteiger partial charge in [0.2, 0.25) is 0 Å². The van der Waals surface area contributed by atoms with Gasteiger partial charge in [-0.05, 0) is 42.4 Å². The van der Waals surface area contributed by atoms with Crippen LogP contribution in [0.5, 0.6) is 0 Å². The fourth-order valence-corrected chi connectivity index (χ4v) is 3.35. The van der Waals surface area contributed by atoms with Crippen LogP contribution in [0.15, 0.2) is 0 Å². The first-order valence-electron chi connectivity index (χ1n) is 4.77. The normalized spacial score (nSPS) is 46.6. The average Bonchev–Trinajstić information content (AvgIpc) is 2.44. The van der Waals surface area contributed by atoms with E-state index in [2.05, 4.69) is 13.8 Å². The monoisotopic (exact) mass is 154 g/mol. The van der Waals surface area contributed by atoms with Crippen LogP contribution >= 0.6 is 0 Å². The summed E-state index contributed by atoms with van der Waals surface area (Å²) in [6.07, 6.45) is 4.17. The lowest BCUT2D eigenvalue weighted by molar-refractivity contribution is 0.0638. The number of fused-ring (bicyclic) bond motifs is 2. The van der Waals surface area contributed by atoms with Crippen molar-refractivity contribution in [2.45, 2.75) is 33.1 Å². The maximum atomic E-state index is 9.22. The van der Waals surface area contributed by atoms with Crippen molar-refractivity contribution in [1.29, 1.82) is 0 Å². The molecule has 1 heteroatoms. The highest BCUT2D eigenvalue weighted by Crippen LogP contribution is 2.58. The first-order chi connectivity index (χ1) is 5.16. The van der Waals surface area contributed by atoms with Crippen molar-refractivity contribution in [2.24, 2.45) is 23.2 Å². The van der Waals surface area contributed by atoms with Gasteiger partial charge in [0.25, 0.3) is 0 Å². The molecule has 64 valence electrons. The number of rotatable bonds is 1. The Balaban J connectivity index is 2.21. The molecule has 3 atom stereocenters. The van der Waals surface area contributed by atoms with Gasteiger partial charge in [-0.2, -0.15) is 0 Å². The molecule has 2 aliphatic rings.